The second kappa shape index (κ2) is 11.4. The molecule has 31 heavy (non-hydrogen) atoms. The van der Waals surface area contributed by atoms with Crippen LogP contribution in [0.15, 0.2) is 59.6 Å². The van der Waals surface area contributed by atoms with Crippen LogP contribution in [-0.4, -0.2) is 63.1 Å². The van der Waals surface area contributed by atoms with Crippen LogP contribution in [0.5, 0.6) is 0 Å². The van der Waals surface area contributed by atoms with Crippen LogP contribution in [0.2, 0.25) is 0 Å². The van der Waals surface area contributed by atoms with Crippen molar-refractivity contribution in [3.8, 4) is 0 Å². The van der Waals surface area contributed by atoms with Crippen molar-refractivity contribution in [3.05, 3.63) is 60.2 Å². The summed E-state index contributed by atoms with van der Waals surface area (Å²) in [6.45, 7) is 5.78. The molecular formula is C24H34N6O. The van der Waals surface area contributed by atoms with Crippen molar-refractivity contribution in [2.24, 2.45) is 4.99 Å². The van der Waals surface area contributed by atoms with E-state index in [-0.39, 0.29) is 5.91 Å². The molecule has 1 atom stereocenters. The zero-order chi connectivity index (χ0) is 22.1. The summed E-state index contributed by atoms with van der Waals surface area (Å²) in [5.74, 6) is 0.800. The van der Waals surface area contributed by atoms with Crippen molar-refractivity contribution >= 4 is 23.2 Å². The summed E-state index contributed by atoms with van der Waals surface area (Å²) >= 11 is 0. The first-order chi connectivity index (χ1) is 15.0. The number of amides is 1. The Morgan fingerprint density at radius 3 is 2.71 bits per heavy atom. The minimum atomic E-state index is -0.0233. The molecule has 1 aliphatic heterocycles. The largest absolute Gasteiger partial charge is 0.369 e. The molecule has 1 unspecified atom stereocenters. The smallest absolute Gasteiger partial charge is 0.238 e. The van der Waals surface area contributed by atoms with E-state index in [1.807, 2.05) is 49.3 Å². The van der Waals surface area contributed by atoms with E-state index in [4.69, 9.17) is 4.99 Å². The van der Waals surface area contributed by atoms with E-state index in [1.54, 1.807) is 0 Å². The highest BCUT2D eigenvalue weighted by molar-refractivity contribution is 5.92. The van der Waals surface area contributed by atoms with Crippen molar-refractivity contribution in [1.82, 2.24) is 15.5 Å². The summed E-state index contributed by atoms with van der Waals surface area (Å²) < 4.78 is 0. The van der Waals surface area contributed by atoms with Crippen LogP contribution in [0, 0.1) is 0 Å². The van der Waals surface area contributed by atoms with Crippen molar-refractivity contribution in [2.45, 2.75) is 25.9 Å². The molecule has 0 aliphatic carbocycles. The average Bonchev–Trinajstić information content (AvgIpc) is 3.21. The minimum Gasteiger partial charge on any atom is -0.369 e. The first-order valence-corrected chi connectivity index (χ1v) is 10.9. The number of hydrogen-bond acceptors (Lipinski definition) is 4. The predicted octanol–water partition coefficient (Wildman–Crippen LogP) is 2.52. The highest BCUT2D eigenvalue weighted by Gasteiger charge is 2.23. The molecule has 0 spiro atoms. The molecule has 0 saturated carbocycles. The van der Waals surface area contributed by atoms with E-state index in [0.717, 1.165) is 43.3 Å². The van der Waals surface area contributed by atoms with Gasteiger partial charge in [0, 0.05) is 37.1 Å². The number of carbonyl (C=O) groups is 1. The van der Waals surface area contributed by atoms with Crippen molar-refractivity contribution in [3.63, 3.8) is 0 Å². The molecule has 3 rings (SSSR count). The van der Waals surface area contributed by atoms with Gasteiger partial charge in [0.1, 0.15) is 0 Å². The molecule has 1 fully saturated rings. The third-order valence-electron chi connectivity index (χ3n) is 5.08. The Morgan fingerprint density at radius 2 is 1.97 bits per heavy atom. The van der Waals surface area contributed by atoms with Gasteiger partial charge in [0.05, 0.1) is 13.1 Å². The number of nitrogens with one attached hydrogen (secondary N) is 3. The highest BCUT2D eigenvalue weighted by Crippen LogP contribution is 2.19. The van der Waals surface area contributed by atoms with Gasteiger partial charge in [-0.15, -0.1) is 0 Å². The van der Waals surface area contributed by atoms with E-state index >= 15 is 0 Å². The summed E-state index contributed by atoms with van der Waals surface area (Å²) in [5, 5.41) is 9.86. The van der Waals surface area contributed by atoms with Gasteiger partial charge in [0.15, 0.2) is 5.96 Å². The maximum atomic E-state index is 12.0. The summed E-state index contributed by atoms with van der Waals surface area (Å²) in [7, 11) is 3.76. The Hall–Kier alpha value is -3.06. The number of anilines is 2. The van der Waals surface area contributed by atoms with Crippen molar-refractivity contribution in [1.29, 1.82) is 0 Å². The SMILES string of the molecule is CCNC(=NCc1cccc(NC(=O)CN(C)C)c1)NC1CCN(c2ccccc2)C1. The van der Waals surface area contributed by atoms with Crippen molar-refractivity contribution in [2.75, 3.05) is 50.5 Å². The molecule has 166 valence electrons. The van der Waals surface area contributed by atoms with Crippen LogP contribution < -0.4 is 20.9 Å². The quantitative estimate of drug-likeness (QED) is 0.450. The molecule has 1 heterocycles. The number of guanidine groups is 1. The first kappa shape index (κ1) is 22.6. The summed E-state index contributed by atoms with van der Waals surface area (Å²) in [6.07, 6.45) is 1.08. The lowest BCUT2D eigenvalue weighted by Gasteiger charge is -2.20. The number of likely N-dealkylation sites (N-methyl/N-ethyl adjacent to an activating group) is 1. The van der Waals surface area contributed by atoms with E-state index in [2.05, 4.69) is 52.0 Å². The van der Waals surface area contributed by atoms with Crippen LogP contribution in [0.25, 0.3) is 0 Å². The first-order valence-electron chi connectivity index (χ1n) is 10.9. The van der Waals surface area contributed by atoms with Gasteiger partial charge in [-0.2, -0.15) is 0 Å². The number of benzene rings is 2. The lowest BCUT2D eigenvalue weighted by Crippen LogP contribution is -2.44. The molecule has 2 aromatic carbocycles. The number of hydrogen-bond donors (Lipinski definition) is 3. The molecule has 7 heteroatoms. The Bertz CT molecular complexity index is 867. The van der Waals surface area contributed by atoms with Crippen LogP contribution in [0.1, 0.15) is 18.9 Å². The number of carbonyl (C=O) groups excluding carboxylic acids is 1. The molecule has 0 bridgehead atoms. The monoisotopic (exact) mass is 422 g/mol. The van der Waals surface area contributed by atoms with Gasteiger partial charge in [0.25, 0.3) is 0 Å². The van der Waals surface area contributed by atoms with Gasteiger partial charge in [-0.25, -0.2) is 4.99 Å². The second-order valence-electron chi connectivity index (χ2n) is 8.09. The number of aliphatic imine (C=N–C) groups is 1. The van der Waals surface area contributed by atoms with Gasteiger partial charge >= 0.3 is 0 Å². The van der Waals surface area contributed by atoms with E-state index in [1.165, 1.54) is 5.69 Å². The zero-order valence-corrected chi connectivity index (χ0v) is 18.8. The molecule has 3 N–H and O–H groups in total. The maximum Gasteiger partial charge on any atom is 0.238 e. The summed E-state index contributed by atoms with van der Waals surface area (Å²) in [4.78, 5) is 21.0. The van der Waals surface area contributed by atoms with Crippen LogP contribution in [0.4, 0.5) is 11.4 Å². The topological polar surface area (TPSA) is 72.0 Å². The molecule has 7 nitrogen and oxygen atoms in total. The number of nitrogens with zero attached hydrogens (tertiary/aromatic N) is 3. The Morgan fingerprint density at radius 1 is 1.16 bits per heavy atom. The fraction of sp³-hybridized carbons (Fsp3) is 0.417. The molecule has 1 aliphatic rings. The standard InChI is InChI=1S/C24H34N6O/c1-4-25-24(28-21-13-14-30(17-21)22-11-6-5-7-12-22)26-16-19-9-8-10-20(15-19)27-23(31)18-29(2)3/h5-12,15,21H,4,13-14,16-18H2,1-3H3,(H,27,31)(H2,25,26,28). The van der Waals surface area contributed by atoms with Gasteiger partial charge in [0.2, 0.25) is 5.91 Å². The lowest BCUT2D eigenvalue weighted by atomic mass is 10.2. The van der Waals surface area contributed by atoms with Crippen LogP contribution >= 0.6 is 0 Å². The Balaban J connectivity index is 1.57. The molecule has 0 aromatic heterocycles. The lowest BCUT2D eigenvalue weighted by molar-refractivity contribution is -0.116. The Kier molecular flexibility index (Phi) is 8.29. The summed E-state index contributed by atoms with van der Waals surface area (Å²) in [6, 6.07) is 18.7. The van der Waals surface area contributed by atoms with E-state index in [9.17, 15) is 4.79 Å². The predicted molar refractivity (Wildman–Crippen MR) is 129 cm³/mol. The molecule has 1 saturated heterocycles. The number of para-hydroxylation sites is 1. The zero-order valence-electron chi connectivity index (χ0n) is 18.8. The highest BCUT2D eigenvalue weighted by atomic mass is 16.2. The third-order valence-corrected chi connectivity index (χ3v) is 5.08. The van der Waals surface area contributed by atoms with E-state index < -0.39 is 0 Å². The fourth-order valence-electron chi connectivity index (χ4n) is 3.67. The van der Waals surface area contributed by atoms with E-state index in [0.29, 0.717) is 19.1 Å². The van der Waals surface area contributed by atoms with Gasteiger partial charge < -0.3 is 25.8 Å². The van der Waals surface area contributed by atoms with Gasteiger partial charge in [-0.1, -0.05) is 30.3 Å². The molecule has 2 aromatic rings. The van der Waals surface area contributed by atoms with Gasteiger partial charge in [-0.3, -0.25) is 4.79 Å². The minimum absolute atomic E-state index is 0.0233. The van der Waals surface area contributed by atoms with Gasteiger partial charge in [-0.05, 0) is 57.3 Å². The molecule has 1 amide bonds. The number of rotatable bonds is 8. The van der Waals surface area contributed by atoms with Crippen LogP contribution in [0.3, 0.4) is 0 Å². The second-order valence-corrected chi connectivity index (χ2v) is 8.09. The fourth-order valence-corrected chi connectivity index (χ4v) is 3.67. The summed E-state index contributed by atoms with van der Waals surface area (Å²) in [5.41, 5.74) is 3.12. The maximum absolute atomic E-state index is 12.0. The van der Waals surface area contributed by atoms with Crippen LogP contribution in [-0.2, 0) is 11.3 Å². The molecular weight excluding hydrogens is 388 g/mol. The Labute approximate surface area is 185 Å². The normalized spacial score (nSPS) is 16.5. The van der Waals surface area contributed by atoms with Crippen molar-refractivity contribution < 1.29 is 4.79 Å². The molecule has 0 radical (unpaired) electrons. The third kappa shape index (κ3) is 7.29. The average molecular weight is 423 g/mol.